The summed E-state index contributed by atoms with van der Waals surface area (Å²) in [7, 11) is -5.89. The van der Waals surface area contributed by atoms with E-state index in [1.807, 2.05) is 0 Å². The minimum atomic E-state index is -5.89. The number of benzene rings is 1. The fourth-order valence-electron chi connectivity index (χ4n) is 2.54. The number of ether oxygens (including phenoxy) is 2. The van der Waals surface area contributed by atoms with Crippen molar-refractivity contribution in [2.45, 2.75) is 44.5 Å². The van der Waals surface area contributed by atoms with Gasteiger partial charge in [0.2, 0.25) is 0 Å². The fraction of sp³-hybridized carbons (Fsp3) is 0.562. The Morgan fingerprint density at radius 2 is 1.77 bits per heavy atom. The molecule has 0 saturated heterocycles. The highest BCUT2D eigenvalue weighted by atomic mass is 32.2. The molecule has 6 nitrogen and oxygen atoms in total. The zero-order valence-corrected chi connectivity index (χ0v) is 15.1. The molecule has 1 fully saturated rings. The topological polar surface area (TPSA) is 78.9 Å². The quantitative estimate of drug-likeness (QED) is 0.397. The van der Waals surface area contributed by atoms with Crippen LogP contribution in [0.1, 0.15) is 54.9 Å². The Labute approximate surface area is 149 Å². The van der Waals surface area contributed by atoms with Crippen LogP contribution in [0.4, 0.5) is 13.2 Å². The first-order valence-corrected chi connectivity index (χ1v) is 9.50. The van der Waals surface area contributed by atoms with E-state index in [4.69, 9.17) is 9.47 Å². The van der Waals surface area contributed by atoms with Gasteiger partial charge in [0.15, 0.2) is 5.75 Å². The summed E-state index contributed by atoms with van der Waals surface area (Å²) >= 11 is 0. The van der Waals surface area contributed by atoms with Gasteiger partial charge >= 0.3 is 21.6 Å². The maximum atomic E-state index is 12.7. The largest absolute Gasteiger partial charge is 0.534 e. The highest BCUT2D eigenvalue weighted by Gasteiger charge is 2.49. The van der Waals surface area contributed by atoms with E-state index in [1.165, 1.54) is 6.07 Å². The molecule has 1 aromatic rings. The Balaban J connectivity index is 2.59. The van der Waals surface area contributed by atoms with Crippen LogP contribution in [-0.2, 0) is 14.9 Å². The van der Waals surface area contributed by atoms with Crippen LogP contribution in [0.3, 0.4) is 0 Å². The van der Waals surface area contributed by atoms with Gasteiger partial charge in [-0.05, 0) is 44.7 Å². The van der Waals surface area contributed by atoms with Crippen LogP contribution in [0.2, 0.25) is 0 Å². The molecule has 26 heavy (non-hydrogen) atoms. The van der Waals surface area contributed by atoms with Gasteiger partial charge in [-0.25, -0.2) is 4.79 Å². The number of carbonyl (C=O) groups is 1. The molecule has 0 atom stereocenters. The summed E-state index contributed by atoms with van der Waals surface area (Å²) in [6.45, 7) is 3.45. The fourth-order valence-corrected chi connectivity index (χ4v) is 3.01. The standard InChI is InChI=1S/C16H19F3O6S/c1-3-23-12-8-11(15(20)24-4-2)9-13(14(12)10-6-5-7-10)25-26(21,22)16(17,18)19/h8-10H,3-7H2,1-2H3. The molecule has 0 aliphatic heterocycles. The van der Waals surface area contributed by atoms with Gasteiger partial charge in [0.05, 0.1) is 18.8 Å². The summed E-state index contributed by atoms with van der Waals surface area (Å²) in [5, 5.41) is 0. The molecule has 10 heteroatoms. The van der Waals surface area contributed by atoms with Gasteiger partial charge in [0, 0.05) is 5.56 Å². The van der Waals surface area contributed by atoms with Crippen molar-refractivity contribution in [3.8, 4) is 11.5 Å². The van der Waals surface area contributed by atoms with Crippen molar-refractivity contribution >= 4 is 16.1 Å². The number of hydrogen-bond donors (Lipinski definition) is 0. The Morgan fingerprint density at radius 1 is 1.15 bits per heavy atom. The molecular weight excluding hydrogens is 377 g/mol. The lowest BCUT2D eigenvalue weighted by molar-refractivity contribution is -0.0500. The van der Waals surface area contributed by atoms with Crippen molar-refractivity contribution in [2.75, 3.05) is 13.2 Å². The Morgan fingerprint density at radius 3 is 2.23 bits per heavy atom. The van der Waals surface area contributed by atoms with Gasteiger partial charge in [0.25, 0.3) is 0 Å². The van der Waals surface area contributed by atoms with Crippen LogP contribution in [-0.4, -0.2) is 33.1 Å². The van der Waals surface area contributed by atoms with Gasteiger partial charge in [-0.15, -0.1) is 0 Å². The van der Waals surface area contributed by atoms with Gasteiger partial charge < -0.3 is 13.7 Å². The third-order valence-corrected chi connectivity index (χ3v) is 4.88. The molecule has 0 aromatic heterocycles. The van der Waals surface area contributed by atoms with Crippen LogP contribution in [0.25, 0.3) is 0 Å². The molecule has 0 unspecified atom stereocenters. The summed E-state index contributed by atoms with van der Waals surface area (Å²) in [4.78, 5) is 12.0. The van der Waals surface area contributed by atoms with Crippen LogP contribution in [0.15, 0.2) is 12.1 Å². The predicted octanol–water partition coefficient (Wildman–Crippen LogP) is 3.76. The number of carbonyl (C=O) groups excluding carboxylic acids is 1. The van der Waals surface area contributed by atoms with E-state index >= 15 is 0 Å². The highest BCUT2D eigenvalue weighted by Crippen LogP contribution is 2.47. The lowest BCUT2D eigenvalue weighted by atomic mass is 9.79. The lowest BCUT2D eigenvalue weighted by Gasteiger charge is -2.29. The molecule has 1 aromatic carbocycles. The Kier molecular flexibility index (Phi) is 6.05. The number of hydrogen-bond acceptors (Lipinski definition) is 6. The molecule has 0 spiro atoms. The highest BCUT2D eigenvalue weighted by molar-refractivity contribution is 7.88. The van der Waals surface area contributed by atoms with E-state index in [0.29, 0.717) is 12.8 Å². The van der Waals surface area contributed by atoms with E-state index in [0.717, 1.165) is 12.5 Å². The van der Waals surface area contributed by atoms with Crippen molar-refractivity contribution in [1.29, 1.82) is 0 Å². The first kappa shape index (κ1) is 20.3. The van der Waals surface area contributed by atoms with Gasteiger partial charge in [-0.3, -0.25) is 0 Å². The van der Waals surface area contributed by atoms with Crippen LogP contribution < -0.4 is 8.92 Å². The Bertz CT molecular complexity index is 769. The average Bonchev–Trinajstić information content (AvgIpc) is 2.47. The van der Waals surface area contributed by atoms with Crippen molar-refractivity contribution in [3.63, 3.8) is 0 Å². The van der Waals surface area contributed by atoms with Crippen LogP contribution >= 0.6 is 0 Å². The molecular formula is C16H19F3O6S. The van der Waals surface area contributed by atoms with E-state index in [1.54, 1.807) is 13.8 Å². The van der Waals surface area contributed by atoms with Gasteiger partial charge in [-0.1, -0.05) is 6.42 Å². The number of esters is 1. The van der Waals surface area contributed by atoms with Crippen LogP contribution in [0.5, 0.6) is 11.5 Å². The molecule has 1 aliphatic rings. The molecule has 0 amide bonds. The second kappa shape index (κ2) is 7.73. The molecule has 0 bridgehead atoms. The summed E-state index contributed by atoms with van der Waals surface area (Å²) in [6, 6.07) is 2.29. The van der Waals surface area contributed by atoms with E-state index in [2.05, 4.69) is 4.18 Å². The zero-order chi connectivity index (χ0) is 19.5. The average molecular weight is 396 g/mol. The summed E-state index contributed by atoms with van der Waals surface area (Å²) in [5.74, 6) is -1.45. The monoisotopic (exact) mass is 396 g/mol. The molecule has 2 rings (SSSR count). The zero-order valence-electron chi connectivity index (χ0n) is 14.3. The van der Waals surface area contributed by atoms with Crippen LogP contribution in [0, 0.1) is 0 Å². The third kappa shape index (κ3) is 4.22. The maximum absolute atomic E-state index is 12.7. The smallest absolute Gasteiger partial charge is 0.493 e. The predicted molar refractivity (Wildman–Crippen MR) is 85.8 cm³/mol. The van der Waals surface area contributed by atoms with E-state index in [9.17, 15) is 26.4 Å². The maximum Gasteiger partial charge on any atom is 0.534 e. The summed E-state index contributed by atoms with van der Waals surface area (Å²) in [5.41, 5.74) is -5.51. The number of halogens is 3. The SMILES string of the molecule is CCOC(=O)c1cc(OCC)c(C2CCC2)c(OS(=O)(=O)C(F)(F)F)c1. The molecule has 0 heterocycles. The number of alkyl halides is 3. The second-order valence-electron chi connectivity index (χ2n) is 5.65. The van der Waals surface area contributed by atoms with Crippen molar-refractivity contribution < 1.29 is 40.0 Å². The molecule has 1 aliphatic carbocycles. The summed E-state index contributed by atoms with van der Waals surface area (Å²) < 4.78 is 75.8. The minimum absolute atomic E-state index is 0.0459. The van der Waals surface area contributed by atoms with Crippen molar-refractivity contribution in [2.24, 2.45) is 0 Å². The summed E-state index contributed by atoms with van der Waals surface area (Å²) in [6.07, 6.45) is 2.16. The normalized spacial score (nSPS) is 15.3. The third-order valence-electron chi connectivity index (χ3n) is 3.91. The first-order chi connectivity index (χ1) is 12.1. The molecule has 1 saturated carbocycles. The molecule has 146 valence electrons. The minimum Gasteiger partial charge on any atom is -0.493 e. The van der Waals surface area contributed by atoms with Gasteiger partial charge in [0.1, 0.15) is 5.75 Å². The molecule has 0 N–H and O–H groups in total. The number of rotatable bonds is 7. The Hall–Kier alpha value is -1.97. The van der Waals surface area contributed by atoms with Gasteiger partial charge in [-0.2, -0.15) is 21.6 Å². The molecule has 0 radical (unpaired) electrons. The lowest BCUT2D eigenvalue weighted by Crippen LogP contribution is -2.29. The van der Waals surface area contributed by atoms with E-state index in [-0.39, 0.29) is 36.0 Å². The van der Waals surface area contributed by atoms with Crippen molar-refractivity contribution in [1.82, 2.24) is 0 Å². The second-order valence-corrected chi connectivity index (χ2v) is 7.19. The van der Waals surface area contributed by atoms with E-state index < -0.39 is 27.3 Å². The first-order valence-electron chi connectivity index (χ1n) is 8.09. The van der Waals surface area contributed by atoms with Crippen molar-refractivity contribution in [3.05, 3.63) is 23.3 Å².